The summed E-state index contributed by atoms with van der Waals surface area (Å²) in [6, 6.07) is 3.40. The van der Waals surface area contributed by atoms with Crippen LogP contribution in [0.15, 0.2) is 0 Å². The minimum atomic E-state index is 0. The summed E-state index contributed by atoms with van der Waals surface area (Å²) in [5, 5.41) is 0. The van der Waals surface area contributed by atoms with Crippen LogP contribution < -0.4 is 4.74 Å². The van der Waals surface area contributed by atoms with Crippen molar-refractivity contribution in [2.75, 3.05) is 7.11 Å². The molecule has 2 saturated carbocycles. The van der Waals surface area contributed by atoms with Crippen LogP contribution in [0.5, 0.6) is 5.75 Å². The summed E-state index contributed by atoms with van der Waals surface area (Å²) in [4.78, 5) is 0. The monoisotopic (exact) mass is 444 g/mol. The number of rotatable bonds is 5. The van der Waals surface area contributed by atoms with E-state index in [-0.39, 0.29) is 32.7 Å². The van der Waals surface area contributed by atoms with Gasteiger partial charge in [0.05, 0.1) is 7.11 Å². The van der Waals surface area contributed by atoms with Gasteiger partial charge in [-0.15, -0.1) is 17.2 Å². The Labute approximate surface area is 193 Å². The van der Waals surface area contributed by atoms with Crippen molar-refractivity contribution in [3.05, 3.63) is 28.3 Å². The summed E-state index contributed by atoms with van der Waals surface area (Å²) in [6.45, 7) is 9.09. The summed E-state index contributed by atoms with van der Waals surface area (Å²) in [5.74, 6) is 4.84. The fourth-order valence-corrected chi connectivity index (χ4v) is 5.51. The first-order valence-corrected chi connectivity index (χ1v) is 11.0. The Morgan fingerprint density at radius 3 is 1.89 bits per heavy atom. The summed E-state index contributed by atoms with van der Waals surface area (Å²) in [7, 11) is 1.77. The summed E-state index contributed by atoms with van der Waals surface area (Å²) >= 11 is 0. The van der Waals surface area contributed by atoms with Crippen molar-refractivity contribution in [1.29, 1.82) is 0 Å². The molecule has 2 aliphatic carbocycles. The molecule has 1 radical (unpaired) electrons. The van der Waals surface area contributed by atoms with E-state index in [1.54, 1.807) is 7.11 Å². The van der Waals surface area contributed by atoms with Gasteiger partial charge in [0, 0.05) is 38.5 Å². The van der Waals surface area contributed by atoms with Crippen LogP contribution >= 0.6 is 0 Å². The van der Waals surface area contributed by atoms with E-state index in [1.807, 2.05) is 0 Å². The number of hydrogen-bond acceptors (Lipinski definition) is 1. The van der Waals surface area contributed by atoms with Crippen LogP contribution in [0.25, 0.3) is 0 Å². The van der Waals surface area contributed by atoms with Crippen LogP contribution in [-0.4, -0.2) is 7.11 Å². The van der Waals surface area contributed by atoms with Crippen molar-refractivity contribution in [2.45, 2.75) is 91.9 Å². The second-order valence-corrected chi connectivity index (χ2v) is 9.46. The van der Waals surface area contributed by atoms with E-state index >= 15 is 0 Å². The maximum Gasteiger partial charge on any atom is 0.0743 e. The Balaban J connectivity index is 0.00000261. The molecule has 1 nitrogen and oxygen atoms in total. The van der Waals surface area contributed by atoms with E-state index in [9.17, 15) is 0 Å². The molecule has 0 aliphatic heterocycles. The molecule has 0 spiro atoms. The molecule has 1 aromatic carbocycles. The third-order valence-corrected chi connectivity index (χ3v) is 7.57. The maximum absolute atomic E-state index is 5.56. The van der Waals surface area contributed by atoms with Crippen molar-refractivity contribution in [3.8, 4) is 5.75 Å². The predicted molar refractivity (Wildman–Crippen MR) is 111 cm³/mol. The Bertz CT molecular complexity index is 593. The Morgan fingerprint density at radius 1 is 0.815 bits per heavy atom. The van der Waals surface area contributed by atoms with Crippen LogP contribution in [-0.2, 0) is 39.1 Å². The molecule has 0 atom stereocenters. The van der Waals surface area contributed by atoms with Crippen LogP contribution in [0, 0.1) is 50.5 Å². The second kappa shape index (κ2) is 10.8. The third-order valence-electron chi connectivity index (χ3n) is 7.57. The van der Waals surface area contributed by atoms with Gasteiger partial charge in [-0.25, -0.2) is 0 Å². The van der Waals surface area contributed by atoms with E-state index < -0.39 is 0 Å². The zero-order chi connectivity index (χ0) is 18.7. The largest absolute Gasteiger partial charge is 0.522 e. The zero-order valence-electron chi connectivity index (χ0n) is 18.4. The SMILES string of the molecule is COc1[c-]c(C)c(C)c(CC2CCC(CC3CCC(C)CC3)CC2)c1C.[Y]. The van der Waals surface area contributed by atoms with Gasteiger partial charge in [0.25, 0.3) is 0 Å². The van der Waals surface area contributed by atoms with E-state index in [0.717, 1.165) is 29.4 Å². The minimum absolute atomic E-state index is 0. The molecule has 27 heavy (non-hydrogen) atoms. The van der Waals surface area contributed by atoms with Crippen molar-refractivity contribution in [1.82, 2.24) is 0 Å². The van der Waals surface area contributed by atoms with Crippen LogP contribution in [0.1, 0.15) is 87.0 Å². The predicted octanol–water partition coefficient (Wildman–Crippen LogP) is 6.98. The van der Waals surface area contributed by atoms with Gasteiger partial charge in [-0.3, -0.25) is 0 Å². The van der Waals surface area contributed by atoms with Crippen LogP contribution in [0.2, 0.25) is 0 Å². The maximum atomic E-state index is 5.56. The standard InChI is InChI=1S/C25H39O.Y/c1-17-6-8-21(9-7-17)15-22-10-12-23(13-11-22)16-24-19(3)18(2)14-25(26-5)20(24)4;/h17,21-23H,6-13,15-16H2,1-5H3;/q-1;. The summed E-state index contributed by atoms with van der Waals surface area (Å²) in [6.07, 6.45) is 14.5. The second-order valence-electron chi connectivity index (χ2n) is 9.46. The summed E-state index contributed by atoms with van der Waals surface area (Å²) in [5.41, 5.74) is 5.53. The molecule has 1 aromatic rings. The van der Waals surface area contributed by atoms with Gasteiger partial charge < -0.3 is 4.74 Å². The molecule has 0 saturated heterocycles. The fraction of sp³-hybridized carbons (Fsp3) is 0.760. The van der Waals surface area contributed by atoms with E-state index in [2.05, 4.69) is 33.8 Å². The Morgan fingerprint density at radius 2 is 1.33 bits per heavy atom. The van der Waals surface area contributed by atoms with Gasteiger partial charge in [0.1, 0.15) is 0 Å². The van der Waals surface area contributed by atoms with Crippen molar-refractivity contribution < 1.29 is 37.4 Å². The first kappa shape index (κ1) is 23.4. The van der Waals surface area contributed by atoms with Gasteiger partial charge in [-0.2, -0.15) is 11.1 Å². The first-order valence-electron chi connectivity index (χ1n) is 11.0. The average molecular weight is 444 g/mol. The molecule has 149 valence electrons. The molecule has 2 fully saturated rings. The van der Waals surface area contributed by atoms with Gasteiger partial charge in [-0.1, -0.05) is 66.2 Å². The van der Waals surface area contributed by atoms with Crippen molar-refractivity contribution >= 4 is 0 Å². The molecule has 2 heteroatoms. The quantitative estimate of drug-likeness (QED) is 0.445. The molecule has 2 aliphatic rings. The topological polar surface area (TPSA) is 9.23 Å². The molecule has 0 N–H and O–H groups in total. The van der Waals surface area contributed by atoms with Gasteiger partial charge in [0.15, 0.2) is 0 Å². The van der Waals surface area contributed by atoms with Crippen LogP contribution in [0.3, 0.4) is 0 Å². The van der Waals surface area contributed by atoms with Crippen molar-refractivity contribution in [2.24, 2.45) is 23.7 Å². The normalized spacial score (nSPS) is 28.5. The summed E-state index contributed by atoms with van der Waals surface area (Å²) < 4.78 is 5.56. The molecule has 0 aromatic heterocycles. The molecular weight excluding hydrogens is 405 g/mol. The first-order chi connectivity index (χ1) is 12.5. The van der Waals surface area contributed by atoms with Crippen molar-refractivity contribution in [3.63, 3.8) is 0 Å². The van der Waals surface area contributed by atoms with E-state index in [0.29, 0.717) is 0 Å². The molecule has 0 unspecified atom stereocenters. The minimum Gasteiger partial charge on any atom is -0.522 e. The van der Waals surface area contributed by atoms with E-state index in [1.165, 1.54) is 86.5 Å². The Hall–Kier alpha value is 0.124. The third kappa shape index (κ3) is 6.05. The van der Waals surface area contributed by atoms with Gasteiger partial charge >= 0.3 is 0 Å². The number of methoxy groups -OCH3 is 1. The van der Waals surface area contributed by atoms with E-state index in [4.69, 9.17) is 4.74 Å². The molecule has 0 bridgehead atoms. The smallest absolute Gasteiger partial charge is 0.0743 e. The zero-order valence-corrected chi connectivity index (χ0v) is 21.2. The number of benzene rings is 1. The number of aryl methyl sites for hydroxylation is 1. The average Bonchev–Trinajstić information content (AvgIpc) is 2.65. The van der Waals surface area contributed by atoms with Crippen LogP contribution in [0.4, 0.5) is 0 Å². The molecule has 0 heterocycles. The number of ether oxygens (including phenoxy) is 1. The van der Waals surface area contributed by atoms with Gasteiger partial charge in [-0.05, 0) is 49.4 Å². The fourth-order valence-electron chi connectivity index (χ4n) is 5.51. The molecule has 0 amide bonds. The molecular formula is C25H39OY-. The number of hydrogen-bond donors (Lipinski definition) is 0. The molecule has 3 rings (SSSR count). The Kier molecular flexibility index (Phi) is 9.34. The van der Waals surface area contributed by atoms with Gasteiger partial charge in [0.2, 0.25) is 0 Å².